The van der Waals surface area contributed by atoms with Gasteiger partial charge in [-0.25, -0.2) is 4.98 Å². The van der Waals surface area contributed by atoms with E-state index in [1.807, 2.05) is 6.33 Å². The van der Waals surface area contributed by atoms with Gasteiger partial charge in [0.05, 0.1) is 12.0 Å². The summed E-state index contributed by atoms with van der Waals surface area (Å²) in [5.74, 6) is 0. The van der Waals surface area contributed by atoms with Crippen LogP contribution in [0.1, 0.15) is 44.3 Å². The summed E-state index contributed by atoms with van der Waals surface area (Å²) in [6.07, 6.45) is 9.42. The van der Waals surface area contributed by atoms with Crippen LogP contribution in [0.25, 0.3) is 0 Å². The molecule has 2 unspecified atom stereocenters. The summed E-state index contributed by atoms with van der Waals surface area (Å²) in [5, 5.41) is 3.52. The van der Waals surface area contributed by atoms with E-state index in [1.165, 1.54) is 37.9 Å². The van der Waals surface area contributed by atoms with Gasteiger partial charge < -0.3 is 14.8 Å². The van der Waals surface area contributed by atoms with E-state index in [1.54, 1.807) is 0 Å². The van der Waals surface area contributed by atoms with Crippen molar-refractivity contribution in [3.05, 3.63) is 18.2 Å². The highest BCUT2D eigenvalue weighted by Crippen LogP contribution is 2.26. The molecule has 0 spiro atoms. The molecule has 1 aromatic rings. The van der Waals surface area contributed by atoms with Crippen LogP contribution in [-0.4, -0.2) is 40.1 Å². The van der Waals surface area contributed by atoms with Crippen LogP contribution in [0.5, 0.6) is 0 Å². The highest BCUT2D eigenvalue weighted by atomic mass is 15.2. The zero-order valence-corrected chi connectivity index (χ0v) is 11.5. The SMILES string of the molecule is CC1CC(n2cnc(CNC3CC3)c2)CCN1C. The lowest BCUT2D eigenvalue weighted by Gasteiger charge is -2.35. The molecule has 0 radical (unpaired) electrons. The average Bonchev–Trinajstić information content (AvgIpc) is 3.08. The van der Waals surface area contributed by atoms with Gasteiger partial charge in [-0.05, 0) is 39.7 Å². The summed E-state index contributed by atoms with van der Waals surface area (Å²) in [7, 11) is 2.22. The van der Waals surface area contributed by atoms with E-state index >= 15 is 0 Å². The van der Waals surface area contributed by atoms with E-state index in [4.69, 9.17) is 0 Å². The second kappa shape index (κ2) is 5.02. The lowest BCUT2D eigenvalue weighted by atomic mass is 9.99. The number of nitrogens with zero attached hydrogens (tertiary/aromatic N) is 3. The Bertz CT molecular complexity index is 396. The largest absolute Gasteiger partial charge is 0.334 e. The molecule has 0 amide bonds. The predicted octanol–water partition coefficient (Wildman–Crippen LogP) is 1.79. The summed E-state index contributed by atoms with van der Waals surface area (Å²) in [6, 6.07) is 2.08. The van der Waals surface area contributed by atoms with Crippen molar-refractivity contribution < 1.29 is 0 Å². The van der Waals surface area contributed by atoms with Gasteiger partial charge in [0, 0.05) is 37.4 Å². The Morgan fingerprint density at radius 1 is 1.39 bits per heavy atom. The molecule has 2 atom stereocenters. The summed E-state index contributed by atoms with van der Waals surface area (Å²) in [5.41, 5.74) is 1.19. The highest BCUT2D eigenvalue weighted by Gasteiger charge is 2.24. The fraction of sp³-hybridized carbons (Fsp3) is 0.786. The van der Waals surface area contributed by atoms with Gasteiger partial charge in [-0.15, -0.1) is 0 Å². The van der Waals surface area contributed by atoms with Crippen LogP contribution in [0.2, 0.25) is 0 Å². The molecule has 2 heterocycles. The number of aromatic nitrogens is 2. The third-order valence-corrected chi connectivity index (χ3v) is 4.41. The number of likely N-dealkylation sites (tertiary alicyclic amines) is 1. The Kier molecular flexibility index (Phi) is 3.39. The summed E-state index contributed by atoms with van der Waals surface area (Å²) >= 11 is 0. The molecule has 2 fully saturated rings. The van der Waals surface area contributed by atoms with Crippen molar-refractivity contribution in [2.75, 3.05) is 13.6 Å². The van der Waals surface area contributed by atoms with Gasteiger partial charge in [-0.3, -0.25) is 0 Å². The van der Waals surface area contributed by atoms with Crippen LogP contribution in [0.15, 0.2) is 12.5 Å². The number of nitrogens with one attached hydrogen (secondary N) is 1. The maximum absolute atomic E-state index is 4.52. The average molecular weight is 248 g/mol. The van der Waals surface area contributed by atoms with Crippen molar-refractivity contribution in [1.29, 1.82) is 0 Å². The first-order chi connectivity index (χ1) is 8.72. The lowest BCUT2D eigenvalue weighted by molar-refractivity contribution is 0.157. The second-order valence-electron chi connectivity index (χ2n) is 5.98. The quantitative estimate of drug-likeness (QED) is 0.882. The standard InChI is InChI=1S/C14H24N4/c1-11-7-14(5-6-17(11)2)18-9-13(16-10-18)8-15-12-3-4-12/h9-12,14-15H,3-8H2,1-2H3. The number of rotatable bonds is 4. The topological polar surface area (TPSA) is 33.1 Å². The zero-order chi connectivity index (χ0) is 12.5. The van der Waals surface area contributed by atoms with E-state index in [2.05, 4.69) is 39.9 Å². The molecule has 2 aliphatic rings. The molecule has 3 rings (SSSR count). The predicted molar refractivity (Wildman–Crippen MR) is 72.5 cm³/mol. The maximum atomic E-state index is 4.52. The molecule has 100 valence electrons. The molecule has 1 saturated heterocycles. The van der Waals surface area contributed by atoms with Crippen molar-refractivity contribution in [1.82, 2.24) is 19.8 Å². The van der Waals surface area contributed by atoms with Crippen LogP contribution in [-0.2, 0) is 6.54 Å². The number of piperidine rings is 1. The van der Waals surface area contributed by atoms with Crippen molar-refractivity contribution >= 4 is 0 Å². The van der Waals surface area contributed by atoms with Crippen molar-refractivity contribution in [3.63, 3.8) is 0 Å². The van der Waals surface area contributed by atoms with Gasteiger partial charge in [-0.1, -0.05) is 0 Å². The summed E-state index contributed by atoms with van der Waals surface area (Å²) in [6.45, 7) is 4.44. The molecule has 0 bridgehead atoms. The molecule has 1 saturated carbocycles. The Labute approximate surface area is 109 Å². The first-order valence-electron chi connectivity index (χ1n) is 7.18. The van der Waals surface area contributed by atoms with Crippen LogP contribution in [0, 0.1) is 0 Å². The molecule has 18 heavy (non-hydrogen) atoms. The fourth-order valence-electron chi connectivity index (χ4n) is 2.74. The van der Waals surface area contributed by atoms with E-state index in [9.17, 15) is 0 Å². The van der Waals surface area contributed by atoms with Crippen LogP contribution < -0.4 is 5.32 Å². The van der Waals surface area contributed by atoms with Gasteiger partial charge in [-0.2, -0.15) is 0 Å². The van der Waals surface area contributed by atoms with E-state index < -0.39 is 0 Å². The van der Waals surface area contributed by atoms with Gasteiger partial charge in [0.25, 0.3) is 0 Å². The minimum absolute atomic E-state index is 0.637. The minimum atomic E-state index is 0.637. The first-order valence-corrected chi connectivity index (χ1v) is 7.18. The van der Waals surface area contributed by atoms with Crippen LogP contribution in [0.3, 0.4) is 0 Å². The van der Waals surface area contributed by atoms with E-state index in [-0.39, 0.29) is 0 Å². The Morgan fingerprint density at radius 3 is 2.94 bits per heavy atom. The molecular weight excluding hydrogens is 224 g/mol. The summed E-state index contributed by atoms with van der Waals surface area (Å²) in [4.78, 5) is 6.97. The monoisotopic (exact) mass is 248 g/mol. The van der Waals surface area contributed by atoms with Gasteiger partial charge >= 0.3 is 0 Å². The Balaban J connectivity index is 1.58. The molecule has 4 nitrogen and oxygen atoms in total. The van der Waals surface area contributed by atoms with E-state index in [0.717, 1.165) is 12.6 Å². The fourth-order valence-corrected chi connectivity index (χ4v) is 2.74. The molecular formula is C14H24N4. The van der Waals surface area contributed by atoms with Crippen molar-refractivity contribution in [2.45, 2.75) is 57.3 Å². The molecule has 4 heteroatoms. The Hall–Kier alpha value is -0.870. The highest BCUT2D eigenvalue weighted by molar-refractivity contribution is 5.00. The molecule has 1 N–H and O–H groups in total. The Morgan fingerprint density at radius 2 is 2.22 bits per heavy atom. The van der Waals surface area contributed by atoms with Gasteiger partial charge in [0.15, 0.2) is 0 Å². The van der Waals surface area contributed by atoms with E-state index in [0.29, 0.717) is 12.1 Å². The first kappa shape index (κ1) is 12.2. The third-order valence-electron chi connectivity index (χ3n) is 4.41. The zero-order valence-electron chi connectivity index (χ0n) is 11.5. The molecule has 1 aliphatic carbocycles. The molecule has 1 aliphatic heterocycles. The van der Waals surface area contributed by atoms with Gasteiger partial charge in [0.2, 0.25) is 0 Å². The van der Waals surface area contributed by atoms with Crippen LogP contribution in [0.4, 0.5) is 0 Å². The van der Waals surface area contributed by atoms with Crippen molar-refractivity contribution in [3.8, 4) is 0 Å². The van der Waals surface area contributed by atoms with Crippen molar-refractivity contribution in [2.24, 2.45) is 0 Å². The maximum Gasteiger partial charge on any atom is 0.0952 e. The minimum Gasteiger partial charge on any atom is -0.334 e. The summed E-state index contributed by atoms with van der Waals surface area (Å²) < 4.78 is 2.33. The molecule has 1 aromatic heterocycles. The number of hydrogen-bond donors (Lipinski definition) is 1. The normalized spacial score (nSPS) is 29.7. The number of hydrogen-bond acceptors (Lipinski definition) is 3. The third kappa shape index (κ3) is 2.75. The second-order valence-corrected chi connectivity index (χ2v) is 5.98. The lowest BCUT2D eigenvalue weighted by Crippen LogP contribution is -2.38. The van der Waals surface area contributed by atoms with Gasteiger partial charge in [0.1, 0.15) is 0 Å². The number of imidazole rings is 1. The smallest absolute Gasteiger partial charge is 0.0952 e. The molecule has 0 aromatic carbocycles. The van der Waals surface area contributed by atoms with Crippen LogP contribution >= 0.6 is 0 Å².